The van der Waals surface area contributed by atoms with Gasteiger partial charge in [-0.15, -0.1) is 0 Å². The summed E-state index contributed by atoms with van der Waals surface area (Å²) in [5.74, 6) is 0.379. The van der Waals surface area contributed by atoms with Crippen LogP contribution in [0.5, 0.6) is 11.5 Å². The highest BCUT2D eigenvalue weighted by Gasteiger charge is 2.15. The summed E-state index contributed by atoms with van der Waals surface area (Å²) in [7, 11) is 1.51. The Hall–Kier alpha value is -4.07. The molecule has 0 aromatic heterocycles. The molecule has 1 N–H and O–H groups in total. The summed E-state index contributed by atoms with van der Waals surface area (Å²) in [5, 5.41) is 21.7. The fourth-order valence-corrected chi connectivity index (χ4v) is 3.66. The van der Waals surface area contributed by atoms with Crippen molar-refractivity contribution in [3.8, 4) is 23.6 Å². The molecule has 3 aromatic carbocycles. The topological polar surface area (TPSA) is 95.1 Å². The van der Waals surface area contributed by atoms with E-state index in [1.54, 1.807) is 30.3 Å². The fraction of sp³-hybridized carbons (Fsp3) is 0.148. The minimum atomic E-state index is -0.504. The molecule has 0 saturated heterocycles. The summed E-state index contributed by atoms with van der Waals surface area (Å²) in [6, 6.07) is 20.3. The Morgan fingerprint density at radius 3 is 2.56 bits per heavy atom. The van der Waals surface area contributed by atoms with Crippen LogP contribution in [0.25, 0.3) is 6.08 Å². The van der Waals surface area contributed by atoms with Crippen molar-refractivity contribution in [2.24, 2.45) is 0 Å². The highest BCUT2D eigenvalue weighted by molar-refractivity contribution is 9.10. The van der Waals surface area contributed by atoms with Crippen molar-refractivity contribution in [1.82, 2.24) is 0 Å². The van der Waals surface area contributed by atoms with Crippen LogP contribution in [0.15, 0.2) is 64.6 Å². The van der Waals surface area contributed by atoms with E-state index in [9.17, 15) is 15.3 Å². The highest BCUT2D eigenvalue weighted by atomic mass is 79.9. The number of rotatable bonds is 7. The molecule has 170 valence electrons. The molecule has 0 saturated carbocycles. The Labute approximate surface area is 207 Å². The number of benzene rings is 3. The smallest absolute Gasteiger partial charge is 0.266 e. The number of hydrogen-bond donors (Lipinski definition) is 1. The Bertz CT molecular complexity index is 1350. The molecule has 0 aliphatic rings. The van der Waals surface area contributed by atoms with E-state index in [1.807, 2.05) is 44.2 Å². The lowest BCUT2D eigenvalue weighted by molar-refractivity contribution is -0.112. The van der Waals surface area contributed by atoms with Crippen LogP contribution in [0.4, 0.5) is 5.69 Å². The van der Waals surface area contributed by atoms with Gasteiger partial charge in [-0.1, -0.05) is 46.3 Å². The van der Waals surface area contributed by atoms with Gasteiger partial charge in [0.15, 0.2) is 11.5 Å². The van der Waals surface area contributed by atoms with Crippen molar-refractivity contribution < 1.29 is 14.3 Å². The third-order valence-electron chi connectivity index (χ3n) is 5.32. The summed E-state index contributed by atoms with van der Waals surface area (Å²) in [4.78, 5) is 12.8. The van der Waals surface area contributed by atoms with Crippen LogP contribution in [0, 0.1) is 36.5 Å². The first-order valence-electron chi connectivity index (χ1n) is 10.4. The minimum absolute atomic E-state index is 0.0553. The maximum atomic E-state index is 12.8. The van der Waals surface area contributed by atoms with Crippen molar-refractivity contribution in [1.29, 1.82) is 10.5 Å². The number of aryl methyl sites for hydroxylation is 1. The van der Waals surface area contributed by atoms with E-state index >= 15 is 0 Å². The second kappa shape index (κ2) is 11.2. The predicted octanol–water partition coefficient (Wildman–Crippen LogP) is 6.07. The molecule has 7 heteroatoms. The fourth-order valence-electron chi connectivity index (χ4n) is 3.22. The van der Waals surface area contributed by atoms with Gasteiger partial charge in [0.05, 0.1) is 18.7 Å². The van der Waals surface area contributed by atoms with Gasteiger partial charge in [-0.25, -0.2) is 0 Å². The van der Waals surface area contributed by atoms with Crippen molar-refractivity contribution in [2.45, 2.75) is 20.5 Å². The molecule has 0 fully saturated rings. The van der Waals surface area contributed by atoms with Crippen LogP contribution in [0.3, 0.4) is 0 Å². The monoisotopic (exact) mass is 515 g/mol. The number of carbonyl (C=O) groups excluding carboxylic acids is 1. The van der Waals surface area contributed by atoms with Gasteiger partial charge in [0.1, 0.15) is 18.2 Å². The van der Waals surface area contributed by atoms with Gasteiger partial charge in [0.2, 0.25) is 0 Å². The number of halogens is 1. The molecule has 34 heavy (non-hydrogen) atoms. The standard InChI is InChI=1S/C27H22BrN3O3/c1-17-7-6-10-24(18(17)2)31-27(32)22(15-30)11-21-12-25(33-3)26(13-23(21)28)34-16-20-9-5-4-8-19(20)14-29/h4-13H,16H2,1-3H3,(H,31,32)/b22-11+. The molecule has 0 spiro atoms. The third kappa shape index (κ3) is 5.64. The van der Waals surface area contributed by atoms with E-state index in [0.29, 0.717) is 32.8 Å². The van der Waals surface area contributed by atoms with Gasteiger partial charge in [0.25, 0.3) is 5.91 Å². The number of anilines is 1. The first-order valence-corrected chi connectivity index (χ1v) is 11.1. The Kier molecular flexibility index (Phi) is 8.08. The maximum Gasteiger partial charge on any atom is 0.266 e. The Morgan fingerprint density at radius 1 is 1.09 bits per heavy atom. The summed E-state index contributed by atoms with van der Waals surface area (Å²) < 4.78 is 12.0. The number of nitrogens with one attached hydrogen (secondary N) is 1. The number of nitrogens with zero attached hydrogens (tertiary/aromatic N) is 2. The molecule has 0 unspecified atom stereocenters. The molecule has 0 bridgehead atoms. The van der Waals surface area contributed by atoms with Gasteiger partial charge in [-0.2, -0.15) is 10.5 Å². The molecule has 6 nitrogen and oxygen atoms in total. The van der Waals surface area contributed by atoms with E-state index in [-0.39, 0.29) is 12.2 Å². The van der Waals surface area contributed by atoms with Gasteiger partial charge >= 0.3 is 0 Å². The number of ether oxygens (including phenoxy) is 2. The normalized spacial score (nSPS) is 10.7. The molecule has 3 aromatic rings. The second-order valence-electron chi connectivity index (χ2n) is 7.45. The maximum absolute atomic E-state index is 12.8. The quantitative estimate of drug-likeness (QED) is 0.304. The minimum Gasteiger partial charge on any atom is -0.493 e. The Morgan fingerprint density at radius 2 is 1.85 bits per heavy atom. The first kappa shape index (κ1) is 24.6. The van der Waals surface area contributed by atoms with E-state index in [1.165, 1.54) is 13.2 Å². The molecule has 0 aliphatic heterocycles. The lowest BCUT2D eigenvalue weighted by atomic mass is 10.1. The molecular formula is C27H22BrN3O3. The summed E-state index contributed by atoms with van der Waals surface area (Å²) in [5.41, 5.74) is 4.45. The second-order valence-corrected chi connectivity index (χ2v) is 8.31. The van der Waals surface area contributed by atoms with E-state index in [0.717, 1.165) is 16.7 Å². The van der Waals surface area contributed by atoms with Crippen LogP contribution >= 0.6 is 15.9 Å². The van der Waals surface area contributed by atoms with Crippen LogP contribution in [0.2, 0.25) is 0 Å². The van der Waals surface area contributed by atoms with Gasteiger partial charge in [-0.3, -0.25) is 4.79 Å². The number of hydrogen-bond acceptors (Lipinski definition) is 5. The zero-order chi connectivity index (χ0) is 24.7. The average molecular weight is 516 g/mol. The van der Waals surface area contributed by atoms with Crippen molar-refractivity contribution >= 4 is 33.6 Å². The number of methoxy groups -OCH3 is 1. The lowest BCUT2D eigenvalue weighted by Gasteiger charge is -2.14. The van der Waals surface area contributed by atoms with Crippen LogP contribution in [-0.2, 0) is 11.4 Å². The SMILES string of the molecule is COc1cc(/C=C(\C#N)C(=O)Nc2cccc(C)c2C)c(Br)cc1OCc1ccccc1C#N. The zero-order valence-electron chi connectivity index (χ0n) is 19.0. The average Bonchev–Trinajstić information content (AvgIpc) is 2.84. The molecular weight excluding hydrogens is 494 g/mol. The summed E-state index contributed by atoms with van der Waals surface area (Å²) in [6.07, 6.45) is 1.49. The molecule has 0 heterocycles. The molecule has 0 atom stereocenters. The van der Waals surface area contributed by atoms with Crippen molar-refractivity contribution in [3.63, 3.8) is 0 Å². The molecule has 0 aliphatic carbocycles. The molecule has 1 amide bonds. The first-order chi connectivity index (χ1) is 16.4. The van der Waals surface area contributed by atoms with Crippen molar-refractivity contribution in [2.75, 3.05) is 12.4 Å². The number of nitriles is 2. The largest absolute Gasteiger partial charge is 0.493 e. The van der Waals surface area contributed by atoms with Crippen LogP contribution in [-0.4, -0.2) is 13.0 Å². The zero-order valence-corrected chi connectivity index (χ0v) is 20.6. The summed E-state index contributed by atoms with van der Waals surface area (Å²) >= 11 is 3.49. The van der Waals surface area contributed by atoms with Gasteiger partial charge in [0, 0.05) is 15.7 Å². The van der Waals surface area contributed by atoms with E-state index in [4.69, 9.17) is 9.47 Å². The van der Waals surface area contributed by atoms with Gasteiger partial charge < -0.3 is 14.8 Å². The molecule has 0 radical (unpaired) electrons. The number of amides is 1. The van der Waals surface area contributed by atoms with Crippen molar-refractivity contribution in [3.05, 3.63) is 92.5 Å². The predicted molar refractivity (Wildman–Crippen MR) is 134 cm³/mol. The highest BCUT2D eigenvalue weighted by Crippen LogP contribution is 2.35. The Balaban J connectivity index is 1.86. The third-order valence-corrected chi connectivity index (χ3v) is 6.01. The lowest BCUT2D eigenvalue weighted by Crippen LogP contribution is -2.14. The van der Waals surface area contributed by atoms with E-state index < -0.39 is 5.91 Å². The van der Waals surface area contributed by atoms with Crippen LogP contribution < -0.4 is 14.8 Å². The molecule has 3 rings (SSSR count). The number of carbonyl (C=O) groups is 1. The summed E-state index contributed by atoms with van der Waals surface area (Å²) in [6.45, 7) is 4.05. The van der Waals surface area contributed by atoms with Gasteiger partial charge in [-0.05, 0) is 60.9 Å². The van der Waals surface area contributed by atoms with Crippen LogP contribution in [0.1, 0.15) is 27.8 Å². The van der Waals surface area contributed by atoms with E-state index in [2.05, 4.69) is 27.3 Å².